The molecule has 0 radical (unpaired) electrons. The second kappa shape index (κ2) is 8.35. The summed E-state index contributed by atoms with van der Waals surface area (Å²) in [4.78, 5) is 13.4. The lowest BCUT2D eigenvalue weighted by Crippen LogP contribution is -2.39. The highest BCUT2D eigenvalue weighted by Gasteiger charge is 2.35. The van der Waals surface area contributed by atoms with Gasteiger partial charge in [-0.3, -0.25) is 9.69 Å². The Kier molecular flexibility index (Phi) is 6.08. The number of carboxylic acid groups (broad SMARTS) is 1. The van der Waals surface area contributed by atoms with Gasteiger partial charge < -0.3 is 5.11 Å². The van der Waals surface area contributed by atoms with Crippen molar-refractivity contribution in [2.75, 3.05) is 6.54 Å². The quantitative estimate of drug-likeness (QED) is 0.711. The number of nitrogens with zero attached hydrogens (tertiary/aromatic N) is 1. The van der Waals surface area contributed by atoms with Crippen LogP contribution < -0.4 is 0 Å². The van der Waals surface area contributed by atoms with E-state index in [1.807, 2.05) is 30.3 Å². The minimum Gasteiger partial charge on any atom is -0.481 e. The van der Waals surface area contributed by atoms with Crippen molar-refractivity contribution in [1.29, 1.82) is 0 Å². The van der Waals surface area contributed by atoms with Crippen LogP contribution in [0.1, 0.15) is 55.0 Å². The first-order valence-electron chi connectivity index (χ1n) is 9.45. The van der Waals surface area contributed by atoms with Gasteiger partial charge in [-0.05, 0) is 55.5 Å². The molecule has 0 spiro atoms. The van der Waals surface area contributed by atoms with Crippen molar-refractivity contribution < 1.29 is 23.1 Å². The van der Waals surface area contributed by atoms with Crippen LogP contribution in [0.3, 0.4) is 0 Å². The summed E-state index contributed by atoms with van der Waals surface area (Å²) in [5.74, 6) is -0.815. The molecule has 0 bridgehead atoms. The summed E-state index contributed by atoms with van der Waals surface area (Å²) in [5.41, 5.74) is 1.26. The number of carbonyl (C=O) groups is 1. The number of aliphatic carboxylic acids is 1. The largest absolute Gasteiger partial charge is 0.481 e. The Hall–Kier alpha value is -2.34. The average Bonchev–Trinajstić information content (AvgIpc) is 2.67. The second-order valence-corrected chi connectivity index (χ2v) is 7.45. The SMILES string of the molecule is CC(c1ccccc1)N1CCC(CC(=O)O)CC1c1ccc(C(F)(F)F)cc1. The van der Waals surface area contributed by atoms with Crippen LogP contribution in [-0.2, 0) is 11.0 Å². The predicted molar refractivity (Wildman–Crippen MR) is 101 cm³/mol. The molecule has 0 aromatic heterocycles. The van der Waals surface area contributed by atoms with E-state index in [0.29, 0.717) is 13.0 Å². The van der Waals surface area contributed by atoms with E-state index in [9.17, 15) is 18.0 Å². The molecule has 28 heavy (non-hydrogen) atoms. The van der Waals surface area contributed by atoms with Crippen LogP contribution in [0.5, 0.6) is 0 Å². The molecule has 3 nitrogen and oxygen atoms in total. The summed E-state index contributed by atoms with van der Waals surface area (Å²) in [6.45, 7) is 2.80. The third-order valence-electron chi connectivity index (χ3n) is 5.62. The number of likely N-dealkylation sites (tertiary alicyclic amines) is 1. The Morgan fingerprint density at radius 2 is 1.79 bits per heavy atom. The zero-order valence-electron chi connectivity index (χ0n) is 15.7. The van der Waals surface area contributed by atoms with Gasteiger partial charge in [-0.15, -0.1) is 0 Å². The first-order chi connectivity index (χ1) is 13.3. The Morgan fingerprint density at radius 3 is 2.36 bits per heavy atom. The highest BCUT2D eigenvalue weighted by atomic mass is 19.4. The minimum absolute atomic E-state index is 0.0176. The van der Waals surface area contributed by atoms with Crippen LogP contribution in [-0.4, -0.2) is 22.5 Å². The van der Waals surface area contributed by atoms with Gasteiger partial charge in [-0.2, -0.15) is 13.2 Å². The lowest BCUT2D eigenvalue weighted by atomic mass is 9.83. The molecule has 3 unspecified atom stereocenters. The van der Waals surface area contributed by atoms with Gasteiger partial charge in [-0.1, -0.05) is 42.5 Å². The van der Waals surface area contributed by atoms with Gasteiger partial charge in [0.1, 0.15) is 0 Å². The molecule has 1 saturated heterocycles. The number of piperidine rings is 1. The maximum atomic E-state index is 12.9. The van der Waals surface area contributed by atoms with Gasteiger partial charge in [0.15, 0.2) is 0 Å². The summed E-state index contributed by atoms with van der Waals surface area (Å²) >= 11 is 0. The third-order valence-corrected chi connectivity index (χ3v) is 5.62. The Morgan fingerprint density at radius 1 is 1.14 bits per heavy atom. The Labute approximate surface area is 162 Å². The zero-order chi connectivity index (χ0) is 20.3. The number of hydrogen-bond acceptors (Lipinski definition) is 2. The second-order valence-electron chi connectivity index (χ2n) is 7.45. The number of benzene rings is 2. The van der Waals surface area contributed by atoms with Crippen LogP contribution in [0.15, 0.2) is 54.6 Å². The highest BCUT2D eigenvalue weighted by Crippen LogP contribution is 2.41. The molecule has 0 amide bonds. The summed E-state index contributed by atoms with van der Waals surface area (Å²) in [6, 6.07) is 15.2. The number of halogens is 3. The van der Waals surface area contributed by atoms with Crippen molar-refractivity contribution in [3.63, 3.8) is 0 Å². The normalized spacial score (nSPS) is 22.0. The number of alkyl halides is 3. The molecule has 0 aliphatic carbocycles. The van der Waals surface area contributed by atoms with Crippen molar-refractivity contribution in [3.05, 3.63) is 71.3 Å². The van der Waals surface area contributed by atoms with Crippen molar-refractivity contribution in [1.82, 2.24) is 4.90 Å². The molecule has 2 aromatic rings. The lowest BCUT2D eigenvalue weighted by molar-refractivity contribution is -0.139. The molecule has 3 rings (SSSR count). The van der Waals surface area contributed by atoms with Gasteiger partial charge in [-0.25, -0.2) is 0 Å². The smallest absolute Gasteiger partial charge is 0.416 e. The fourth-order valence-electron chi connectivity index (χ4n) is 4.10. The topological polar surface area (TPSA) is 40.5 Å². The van der Waals surface area contributed by atoms with E-state index >= 15 is 0 Å². The molecule has 6 heteroatoms. The van der Waals surface area contributed by atoms with Crippen LogP contribution in [0.25, 0.3) is 0 Å². The molecule has 0 saturated carbocycles. The lowest BCUT2D eigenvalue weighted by Gasteiger charge is -2.43. The summed E-state index contributed by atoms with van der Waals surface area (Å²) < 4.78 is 38.8. The fraction of sp³-hybridized carbons (Fsp3) is 0.409. The van der Waals surface area contributed by atoms with Crippen molar-refractivity contribution >= 4 is 5.97 Å². The number of carboxylic acids is 1. The standard InChI is InChI=1S/C22H24F3NO2/c1-15(17-5-3-2-4-6-17)26-12-11-16(14-21(27)28)13-20(26)18-7-9-19(10-8-18)22(23,24)25/h2-10,15-16,20H,11-14H2,1H3,(H,27,28). The van der Waals surface area contributed by atoms with E-state index in [1.54, 1.807) is 0 Å². The summed E-state index contributed by atoms with van der Waals surface area (Å²) in [5, 5.41) is 9.16. The van der Waals surface area contributed by atoms with Crippen LogP contribution in [0.2, 0.25) is 0 Å². The molecular formula is C22H24F3NO2. The molecule has 2 aromatic carbocycles. The molecule has 1 heterocycles. The summed E-state index contributed by atoms with van der Waals surface area (Å²) in [7, 11) is 0. The first-order valence-corrected chi connectivity index (χ1v) is 9.45. The van der Waals surface area contributed by atoms with Gasteiger partial charge in [0.05, 0.1) is 5.56 Å². The van der Waals surface area contributed by atoms with Gasteiger partial charge in [0.25, 0.3) is 0 Å². The molecule has 1 aliphatic heterocycles. The Bertz CT molecular complexity index is 790. The minimum atomic E-state index is -4.37. The molecule has 1 fully saturated rings. The van der Waals surface area contributed by atoms with Crippen molar-refractivity contribution in [3.8, 4) is 0 Å². The first kappa shape index (κ1) is 20.4. The van der Waals surface area contributed by atoms with E-state index in [2.05, 4.69) is 11.8 Å². The van der Waals surface area contributed by atoms with Gasteiger partial charge in [0, 0.05) is 18.5 Å². The number of rotatable bonds is 5. The number of hydrogen-bond donors (Lipinski definition) is 1. The maximum absolute atomic E-state index is 12.9. The molecule has 3 atom stereocenters. The van der Waals surface area contributed by atoms with E-state index in [4.69, 9.17) is 5.11 Å². The fourth-order valence-corrected chi connectivity index (χ4v) is 4.10. The Balaban J connectivity index is 1.89. The molecular weight excluding hydrogens is 367 g/mol. The van der Waals surface area contributed by atoms with Crippen molar-refractivity contribution in [2.45, 2.75) is 44.4 Å². The maximum Gasteiger partial charge on any atom is 0.416 e. The van der Waals surface area contributed by atoms with E-state index in [-0.39, 0.29) is 24.4 Å². The monoisotopic (exact) mass is 391 g/mol. The van der Waals surface area contributed by atoms with Gasteiger partial charge in [0.2, 0.25) is 0 Å². The summed E-state index contributed by atoms with van der Waals surface area (Å²) in [6.07, 6.45) is -2.89. The molecule has 1 N–H and O–H groups in total. The molecule has 150 valence electrons. The highest BCUT2D eigenvalue weighted by molar-refractivity contribution is 5.67. The predicted octanol–water partition coefficient (Wildman–Crippen LogP) is 5.69. The third kappa shape index (κ3) is 4.73. The van der Waals surface area contributed by atoms with E-state index in [0.717, 1.165) is 29.7 Å². The van der Waals surface area contributed by atoms with Crippen LogP contribution in [0, 0.1) is 5.92 Å². The van der Waals surface area contributed by atoms with Crippen molar-refractivity contribution in [2.24, 2.45) is 5.92 Å². The van der Waals surface area contributed by atoms with Crippen LogP contribution >= 0.6 is 0 Å². The zero-order valence-corrected chi connectivity index (χ0v) is 15.7. The van der Waals surface area contributed by atoms with Crippen LogP contribution in [0.4, 0.5) is 13.2 Å². The molecule has 1 aliphatic rings. The van der Waals surface area contributed by atoms with E-state index in [1.165, 1.54) is 12.1 Å². The van der Waals surface area contributed by atoms with Gasteiger partial charge >= 0.3 is 12.1 Å². The average molecular weight is 391 g/mol. The van der Waals surface area contributed by atoms with E-state index < -0.39 is 17.7 Å².